The second kappa shape index (κ2) is 10.3. The van der Waals surface area contributed by atoms with Gasteiger partial charge in [-0.05, 0) is 65.7 Å². The zero-order valence-electron chi connectivity index (χ0n) is 15.7. The molecule has 0 aromatic heterocycles. The first-order chi connectivity index (χ1) is 13.4. The Morgan fingerprint density at radius 3 is 2.75 bits per heavy atom. The molecule has 0 heterocycles. The fourth-order valence-corrected chi connectivity index (χ4v) is 2.82. The van der Waals surface area contributed by atoms with Crippen molar-refractivity contribution < 1.29 is 14.3 Å². The van der Waals surface area contributed by atoms with Crippen LogP contribution in [0.3, 0.4) is 0 Å². The molecule has 0 aliphatic rings. The summed E-state index contributed by atoms with van der Waals surface area (Å²) in [7, 11) is 0. The zero-order chi connectivity index (χ0) is 20.5. The molecule has 0 unspecified atom stereocenters. The lowest BCUT2D eigenvalue weighted by molar-refractivity contribution is -0.112. The molecule has 0 spiro atoms. The fourth-order valence-electron chi connectivity index (χ4n) is 2.31. The summed E-state index contributed by atoms with van der Waals surface area (Å²) in [4.78, 5) is 12.5. The van der Waals surface area contributed by atoms with Gasteiger partial charge < -0.3 is 14.8 Å². The molecule has 2 aromatic carbocycles. The lowest BCUT2D eigenvalue weighted by Gasteiger charge is -2.11. The van der Waals surface area contributed by atoms with Crippen LogP contribution in [-0.4, -0.2) is 18.6 Å². The Morgan fingerprint density at radius 2 is 2.11 bits per heavy atom. The van der Waals surface area contributed by atoms with E-state index in [0.29, 0.717) is 29.4 Å². The normalized spacial score (nSPS) is 10.9. The van der Waals surface area contributed by atoms with Gasteiger partial charge in [-0.3, -0.25) is 4.79 Å². The van der Waals surface area contributed by atoms with Crippen molar-refractivity contribution in [2.24, 2.45) is 0 Å². The van der Waals surface area contributed by atoms with E-state index in [2.05, 4.69) is 27.8 Å². The number of benzene rings is 2. The minimum atomic E-state index is -0.493. The quantitative estimate of drug-likeness (QED) is 0.341. The summed E-state index contributed by atoms with van der Waals surface area (Å²) in [6, 6.07) is 14.3. The van der Waals surface area contributed by atoms with Crippen LogP contribution in [-0.2, 0) is 4.79 Å². The fraction of sp³-hybridized carbons (Fsp3) is 0.182. The lowest BCUT2D eigenvalue weighted by Crippen LogP contribution is -2.13. The molecule has 0 saturated carbocycles. The number of nitriles is 1. The molecule has 1 amide bonds. The Hall–Kier alpha value is -3.04. The molecule has 0 radical (unpaired) electrons. The number of nitrogens with one attached hydrogen (secondary N) is 1. The van der Waals surface area contributed by atoms with Crippen LogP contribution in [0.2, 0.25) is 0 Å². The second-order valence-electron chi connectivity index (χ2n) is 6.11. The summed E-state index contributed by atoms with van der Waals surface area (Å²) in [6.07, 6.45) is 3.20. The molecule has 0 aliphatic heterocycles. The van der Waals surface area contributed by atoms with Crippen LogP contribution in [0.1, 0.15) is 19.4 Å². The van der Waals surface area contributed by atoms with E-state index >= 15 is 0 Å². The Bertz CT molecular complexity index is 930. The smallest absolute Gasteiger partial charge is 0.266 e. The maximum absolute atomic E-state index is 12.5. The highest BCUT2D eigenvalue weighted by Crippen LogP contribution is 2.27. The van der Waals surface area contributed by atoms with Crippen molar-refractivity contribution in [3.05, 3.63) is 70.7 Å². The van der Waals surface area contributed by atoms with E-state index in [1.807, 2.05) is 26.0 Å². The molecule has 0 bridgehead atoms. The Balaban J connectivity index is 2.16. The molecule has 0 fully saturated rings. The van der Waals surface area contributed by atoms with E-state index in [0.717, 1.165) is 4.47 Å². The summed E-state index contributed by atoms with van der Waals surface area (Å²) in [5.41, 5.74) is 1.24. The van der Waals surface area contributed by atoms with Gasteiger partial charge in [0.15, 0.2) is 0 Å². The maximum Gasteiger partial charge on any atom is 0.266 e. The molecule has 6 heteroatoms. The van der Waals surface area contributed by atoms with Crippen molar-refractivity contribution in [1.29, 1.82) is 5.26 Å². The number of rotatable bonds is 8. The summed E-state index contributed by atoms with van der Waals surface area (Å²) in [5, 5.41) is 12.1. The first-order valence-corrected chi connectivity index (χ1v) is 9.45. The third-order valence-corrected chi connectivity index (χ3v) is 4.07. The zero-order valence-corrected chi connectivity index (χ0v) is 17.3. The van der Waals surface area contributed by atoms with Crippen LogP contribution in [0.25, 0.3) is 6.08 Å². The third-order valence-electron chi connectivity index (χ3n) is 3.45. The van der Waals surface area contributed by atoms with Gasteiger partial charge in [-0.15, -0.1) is 0 Å². The summed E-state index contributed by atoms with van der Waals surface area (Å²) in [6.45, 7) is 7.84. The molecule has 0 saturated heterocycles. The van der Waals surface area contributed by atoms with Gasteiger partial charge in [-0.2, -0.15) is 5.26 Å². The monoisotopic (exact) mass is 440 g/mol. The number of ether oxygens (including phenoxy) is 2. The van der Waals surface area contributed by atoms with E-state index in [-0.39, 0.29) is 11.7 Å². The number of anilines is 1. The van der Waals surface area contributed by atoms with Crippen molar-refractivity contribution in [2.45, 2.75) is 20.0 Å². The molecule has 0 aliphatic carbocycles. The largest absolute Gasteiger partial charge is 0.491 e. The topological polar surface area (TPSA) is 71.3 Å². The molecular formula is C22H21BrN2O3. The van der Waals surface area contributed by atoms with Crippen LogP contribution >= 0.6 is 15.9 Å². The average Bonchev–Trinajstić information content (AvgIpc) is 2.65. The minimum Gasteiger partial charge on any atom is -0.491 e. The summed E-state index contributed by atoms with van der Waals surface area (Å²) >= 11 is 3.42. The van der Waals surface area contributed by atoms with Crippen LogP contribution in [0.5, 0.6) is 11.5 Å². The Morgan fingerprint density at radius 1 is 1.32 bits per heavy atom. The first kappa shape index (κ1) is 21.3. The standard InChI is InChI=1S/C22H21BrN2O3/c1-4-10-27-21-9-8-16(12-20(21)23)11-17(14-24)22(26)25-18-6-5-7-19(13-18)28-15(2)3/h4-9,11-13,15H,1,10H2,2-3H3,(H,25,26)/b17-11-. The van der Waals surface area contributed by atoms with E-state index in [4.69, 9.17) is 9.47 Å². The molecule has 1 N–H and O–H groups in total. The summed E-state index contributed by atoms with van der Waals surface area (Å²) < 4.78 is 11.8. The molecule has 28 heavy (non-hydrogen) atoms. The highest BCUT2D eigenvalue weighted by molar-refractivity contribution is 9.10. The van der Waals surface area contributed by atoms with Gasteiger partial charge in [0, 0.05) is 11.8 Å². The molecular weight excluding hydrogens is 420 g/mol. The van der Waals surface area contributed by atoms with Gasteiger partial charge in [0.25, 0.3) is 5.91 Å². The molecule has 0 atom stereocenters. The van der Waals surface area contributed by atoms with Crippen LogP contribution in [0.4, 0.5) is 5.69 Å². The van der Waals surface area contributed by atoms with Crippen LogP contribution < -0.4 is 14.8 Å². The summed E-state index contributed by atoms with van der Waals surface area (Å²) in [5.74, 6) is 0.809. The van der Waals surface area contributed by atoms with Crippen molar-refractivity contribution in [1.82, 2.24) is 0 Å². The molecule has 5 nitrogen and oxygen atoms in total. The van der Waals surface area contributed by atoms with E-state index < -0.39 is 5.91 Å². The molecule has 2 rings (SSSR count). The van der Waals surface area contributed by atoms with Gasteiger partial charge in [0.1, 0.15) is 29.7 Å². The Kier molecular flexibility index (Phi) is 7.85. The SMILES string of the molecule is C=CCOc1ccc(/C=C(/C#N)C(=O)Nc2cccc(OC(C)C)c2)cc1Br. The van der Waals surface area contributed by atoms with Crippen LogP contribution in [0, 0.1) is 11.3 Å². The van der Waals surface area contributed by atoms with Crippen molar-refractivity contribution in [2.75, 3.05) is 11.9 Å². The highest BCUT2D eigenvalue weighted by Gasteiger charge is 2.11. The lowest BCUT2D eigenvalue weighted by atomic mass is 10.1. The molecule has 144 valence electrons. The van der Waals surface area contributed by atoms with Crippen molar-refractivity contribution >= 4 is 33.6 Å². The Labute approximate surface area is 173 Å². The molecule has 2 aromatic rings. The number of hydrogen-bond donors (Lipinski definition) is 1. The highest BCUT2D eigenvalue weighted by atomic mass is 79.9. The minimum absolute atomic E-state index is 0.0122. The number of nitrogens with zero attached hydrogens (tertiary/aromatic N) is 1. The van der Waals surface area contributed by atoms with Gasteiger partial charge >= 0.3 is 0 Å². The first-order valence-electron chi connectivity index (χ1n) is 8.66. The predicted octanol–water partition coefficient (Wildman–Crippen LogP) is 5.35. The van der Waals surface area contributed by atoms with Crippen LogP contribution in [0.15, 0.2) is 65.2 Å². The van der Waals surface area contributed by atoms with Crippen molar-refractivity contribution in [3.63, 3.8) is 0 Å². The predicted molar refractivity (Wildman–Crippen MR) is 114 cm³/mol. The number of hydrogen-bond acceptors (Lipinski definition) is 4. The maximum atomic E-state index is 12.5. The van der Waals surface area contributed by atoms with Gasteiger partial charge in [-0.25, -0.2) is 0 Å². The second-order valence-corrected chi connectivity index (χ2v) is 6.96. The third kappa shape index (κ3) is 6.29. The van der Waals surface area contributed by atoms with E-state index in [1.165, 1.54) is 6.08 Å². The van der Waals surface area contributed by atoms with Gasteiger partial charge in [0.05, 0.1) is 10.6 Å². The van der Waals surface area contributed by atoms with E-state index in [9.17, 15) is 10.1 Å². The average molecular weight is 441 g/mol. The van der Waals surface area contributed by atoms with Crippen molar-refractivity contribution in [3.8, 4) is 17.6 Å². The number of halogens is 1. The number of carbonyl (C=O) groups is 1. The van der Waals surface area contributed by atoms with E-state index in [1.54, 1.807) is 42.5 Å². The number of amides is 1. The van der Waals surface area contributed by atoms with Gasteiger partial charge in [0.2, 0.25) is 0 Å². The number of carbonyl (C=O) groups excluding carboxylic acids is 1. The van der Waals surface area contributed by atoms with Gasteiger partial charge in [-0.1, -0.05) is 24.8 Å².